The number of hydrogen-bond donors (Lipinski definition) is 0. The van der Waals surface area contributed by atoms with E-state index in [1.807, 2.05) is 37.6 Å². The van der Waals surface area contributed by atoms with Gasteiger partial charge in [0.15, 0.2) is 0 Å². The van der Waals surface area contributed by atoms with Crippen LogP contribution in [0.4, 0.5) is 5.69 Å². The van der Waals surface area contributed by atoms with Crippen LogP contribution in [0.25, 0.3) is 21.3 Å². The molecule has 0 atom stereocenters. The fourth-order valence-corrected chi connectivity index (χ4v) is 3.76. The number of nitro groups is 1. The number of non-ortho nitro benzene ring substituents is 1. The molecule has 2 heterocycles. The lowest BCUT2D eigenvalue weighted by Crippen LogP contribution is -1.98. The van der Waals surface area contributed by atoms with Crippen LogP contribution in [0.5, 0.6) is 0 Å². The molecule has 0 amide bonds. The van der Waals surface area contributed by atoms with Gasteiger partial charge in [0, 0.05) is 40.2 Å². The van der Waals surface area contributed by atoms with Gasteiger partial charge in [0.05, 0.1) is 10.4 Å². The van der Waals surface area contributed by atoms with E-state index in [4.69, 9.17) is 5.26 Å². The van der Waals surface area contributed by atoms with Crippen LogP contribution in [0.1, 0.15) is 30.3 Å². The molecule has 3 rings (SSSR count). The number of nitrogens with zero attached hydrogens (tertiary/aromatic N) is 3. The molecule has 116 valence electrons. The van der Waals surface area contributed by atoms with Crippen molar-refractivity contribution in [2.24, 2.45) is 0 Å². The van der Waals surface area contributed by atoms with Crippen molar-refractivity contribution in [2.75, 3.05) is 0 Å². The van der Waals surface area contributed by atoms with Gasteiger partial charge in [-0.25, -0.2) is 0 Å². The Morgan fingerprint density at radius 2 is 2.09 bits per heavy atom. The Labute approximate surface area is 137 Å². The van der Waals surface area contributed by atoms with Crippen LogP contribution >= 0.6 is 11.3 Å². The Kier molecular flexibility index (Phi) is 3.66. The number of hydrogen-bond acceptors (Lipinski definition) is 4. The second-order valence-corrected chi connectivity index (χ2v) is 6.79. The monoisotopic (exact) mass is 325 g/mol. The predicted octanol–water partition coefficient (Wildman–Crippen LogP) is 5.04. The number of fused-ring (bicyclic) bond motifs is 1. The zero-order valence-corrected chi connectivity index (χ0v) is 13.8. The van der Waals surface area contributed by atoms with Crippen molar-refractivity contribution in [1.82, 2.24) is 4.57 Å². The quantitative estimate of drug-likeness (QED) is 0.500. The molecule has 0 unspecified atom stereocenters. The molecule has 2 aromatic heterocycles. The first-order valence-corrected chi connectivity index (χ1v) is 8.04. The summed E-state index contributed by atoms with van der Waals surface area (Å²) in [5.41, 5.74) is 3.00. The first-order valence-electron chi connectivity index (χ1n) is 7.22. The van der Waals surface area contributed by atoms with Gasteiger partial charge in [-0.15, -0.1) is 11.3 Å². The molecule has 0 saturated heterocycles. The standard InChI is InChI=1S/C17H15N3O2S/c1-10(2)19-9-15(17-11(3)6-13(8-18)23-17)14-5-4-12(20(21)22)7-16(14)19/h4-7,9-10H,1-3H3. The van der Waals surface area contributed by atoms with Gasteiger partial charge >= 0.3 is 0 Å². The van der Waals surface area contributed by atoms with Gasteiger partial charge in [-0.05, 0) is 38.5 Å². The van der Waals surface area contributed by atoms with E-state index in [2.05, 4.69) is 6.07 Å². The lowest BCUT2D eigenvalue weighted by atomic mass is 10.1. The smallest absolute Gasteiger partial charge is 0.271 e. The molecule has 0 aliphatic carbocycles. The average Bonchev–Trinajstić information content (AvgIpc) is 3.06. The minimum Gasteiger partial charge on any atom is -0.344 e. The third-order valence-corrected chi connectivity index (χ3v) is 5.03. The molecule has 0 fully saturated rings. The van der Waals surface area contributed by atoms with Crippen molar-refractivity contribution in [1.29, 1.82) is 5.26 Å². The molecule has 0 saturated carbocycles. The van der Waals surface area contributed by atoms with E-state index in [-0.39, 0.29) is 16.7 Å². The summed E-state index contributed by atoms with van der Waals surface area (Å²) in [4.78, 5) is 12.4. The summed E-state index contributed by atoms with van der Waals surface area (Å²) in [5.74, 6) is 0. The van der Waals surface area contributed by atoms with Gasteiger partial charge in [-0.1, -0.05) is 0 Å². The Hall–Kier alpha value is -2.65. The van der Waals surface area contributed by atoms with E-state index in [0.29, 0.717) is 4.88 Å². The van der Waals surface area contributed by atoms with Crippen molar-refractivity contribution >= 4 is 27.9 Å². The van der Waals surface area contributed by atoms with Crippen molar-refractivity contribution in [3.63, 3.8) is 0 Å². The largest absolute Gasteiger partial charge is 0.344 e. The first-order chi connectivity index (χ1) is 10.9. The van der Waals surface area contributed by atoms with Crippen LogP contribution in [0.3, 0.4) is 0 Å². The maximum Gasteiger partial charge on any atom is 0.271 e. The summed E-state index contributed by atoms with van der Waals surface area (Å²) < 4.78 is 2.04. The van der Waals surface area contributed by atoms with Crippen molar-refractivity contribution < 1.29 is 4.92 Å². The first kappa shape index (κ1) is 15.3. The molecule has 1 aromatic carbocycles. The number of nitriles is 1. The van der Waals surface area contributed by atoms with Crippen LogP contribution in [0.2, 0.25) is 0 Å². The highest BCUT2D eigenvalue weighted by atomic mass is 32.1. The van der Waals surface area contributed by atoms with Crippen molar-refractivity contribution in [3.05, 3.63) is 51.0 Å². The molecule has 6 heteroatoms. The summed E-state index contributed by atoms with van der Waals surface area (Å²) in [6.45, 7) is 6.07. The highest BCUT2D eigenvalue weighted by Crippen LogP contribution is 2.39. The van der Waals surface area contributed by atoms with Crippen LogP contribution in [0.15, 0.2) is 30.5 Å². The molecule has 5 nitrogen and oxygen atoms in total. The zero-order chi connectivity index (χ0) is 16.7. The van der Waals surface area contributed by atoms with Gasteiger partial charge in [0.1, 0.15) is 10.9 Å². The molecule has 0 N–H and O–H groups in total. The van der Waals surface area contributed by atoms with Crippen LogP contribution in [-0.4, -0.2) is 9.49 Å². The van der Waals surface area contributed by atoms with E-state index in [9.17, 15) is 10.1 Å². The Balaban J connectivity index is 2.32. The summed E-state index contributed by atoms with van der Waals surface area (Å²) in [6.07, 6.45) is 2.03. The molecule has 23 heavy (non-hydrogen) atoms. The van der Waals surface area contributed by atoms with Gasteiger partial charge in [0.25, 0.3) is 5.69 Å². The normalized spacial score (nSPS) is 11.1. The van der Waals surface area contributed by atoms with Gasteiger partial charge < -0.3 is 4.57 Å². The SMILES string of the molecule is Cc1cc(C#N)sc1-c1cn(C(C)C)c2cc([N+](=O)[O-])ccc12. The number of nitro benzene ring substituents is 1. The second kappa shape index (κ2) is 5.52. The Morgan fingerprint density at radius 3 is 2.65 bits per heavy atom. The fraction of sp³-hybridized carbons (Fsp3) is 0.235. The lowest BCUT2D eigenvalue weighted by molar-refractivity contribution is -0.384. The number of benzene rings is 1. The third kappa shape index (κ3) is 2.49. The van der Waals surface area contributed by atoms with Crippen molar-refractivity contribution in [2.45, 2.75) is 26.8 Å². The van der Waals surface area contributed by atoms with E-state index in [1.54, 1.807) is 12.1 Å². The summed E-state index contributed by atoms with van der Waals surface area (Å²) in [5, 5.41) is 21.1. The van der Waals surface area contributed by atoms with Crippen LogP contribution < -0.4 is 0 Å². The Bertz CT molecular complexity index is 960. The maximum atomic E-state index is 11.1. The molecule has 0 aliphatic heterocycles. The number of thiophene rings is 1. The maximum absolute atomic E-state index is 11.1. The highest BCUT2D eigenvalue weighted by Gasteiger charge is 2.18. The number of aryl methyl sites for hydroxylation is 1. The topological polar surface area (TPSA) is 71.9 Å². The molecule has 0 spiro atoms. The number of rotatable bonds is 3. The number of aromatic nitrogens is 1. The molecule has 0 radical (unpaired) electrons. The minimum atomic E-state index is -0.374. The fourth-order valence-electron chi connectivity index (χ4n) is 2.77. The minimum absolute atomic E-state index is 0.0877. The lowest BCUT2D eigenvalue weighted by Gasteiger charge is -2.08. The van der Waals surface area contributed by atoms with E-state index >= 15 is 0 Å². The summed E-state index contributed by atoms with van der Waals surface area (Å²) in [6, 6.07) is 9.19. The van der Waals surface area contributed by atoms with E-state index in [0.717, 1.165) is 26.9 Å². The molecular formula is C17H15N3O2S. The molecule has 3 aromatic rings. The predicted molar refractivity (Wildman–Crippen MR) is 91.7 cm³/mol. The molecular weight excluding hydrogens is 310 g/mol. The zero-order valence-electron chi connectivity index (χ0n) is 13.0. The molecule has 0 bridgehead atoms. The Morgan fingerprint density at radius 1 is 1.35 bits per heavy atom. The van der Waals surface area contributed by atoms with Gasteiger partial charge in [0.2, 0.25) is 0 Å². The van der Waals surface area contributed by atoms with E-state index < -0.39 is 0 Å². The third-order valence-electron chi connectivity index (χ3n) is 3.86. The van der Waals surface area contributed by atoms with Crippen LogP contribution in [-0.2, 0) is 0 Å². The van der Waals surface area contributed by atoms with Gasteiger partial charge in [-0.3, -0.25) is 10.1 Å². The van der Waals surface area contributed by atoms with Crippen molar-refractivity contribution in [3.8, 4) is 16.5 Å². The van der Waals surface area contributed by atoms with Crippen LogP contribution in [0, 0.1) is 28.4 Å². The average molecular weight is 325 g/mol. The summed E-state index contributed by atoms with van der Waals surface area (Å²) >= 11 is 1.45. The highest BCUT2D eigenvalue weighted by molar-refractivity contribution is 7.16. The molecule has 0 aliphatic rings. The summed E-state index contributed by atoms with van der Waals surface area (Å²) in [7, 11) is 0. The van der Waals surface area contributed by atoms with Gasteiger partial charge in [-0.2, -0.15) is 5.26 Å². The second-order valence-electron chi connectivity index (χ2n) is 5.74. The van der Waals surface area contributed by atoms with E-state index in [1.165, 1.54) is 17.4 Å².